The molecule has 1 N–H and O–H groups in total. The Morgan fingerprint density at radius 2 is 2.10 bits per heavy atom. The number of aliphatic carboxylic acids is 1. The Morgan fingerprint density at radius 1 is 1.35 bits per heavy atom. The number of likely N-dealkylation sites (tertiary alicyclic amines) is 1. The average Bonchev–Trinajstić information content (AvgIpc) is 3.01. The summed E-state index contributed by atoms with van der Waals surface area (Å²) in [5, 5.41) is 13.0. The second kappa shape index (κ2) is 4.88. The second-order valence-corrected chi connectivity index (χ2v) is 5.55. The van der Waals surface area contributed by atoms with Crippen molar-refractivity contribution in [3.8, 4) is 0 Å². The quantitative estimate of drug-likeness (QED) is 0.874. The molecule has 1 saturated carbocycles. The van der Waals surface area contributed by atoms with Gasteiger partial charge in [0.15, 0.2) is 0 Å². The molecule has 2 aliphatic rings. The van der Waals surface area contributed by atoms with Crippen molar-refractivity contribution in [2.24, 2.45) is 5.92 Å². The van der Waals surface area contributed by atoms with E-state index in [-0.39, 0.29) is 17.8 Å². The van der Waals surface area contributed by atoms with Crippen LogP contribution in [0.2, 0.25) is 0 Å². The SMILES string of the molecule is Cc1nc(C(=O)N2C(C(=O)O)CC3CCCCC32)no1. The highest BCUT2D eigenvalue weighted by molar-refractivity contribution is 5.94. The summed E-state index contributed by atoms with van der Waals surface area (Å²) in [5.74, 6) is -0.835. The van der Waals surface area contributed by atoms with Crippen molar-refractivity contribution in [3.63, 3.8) is 0 Å². The third-order valence-electron chi connectivity index (χ3n) is 4.33. The number of aryl methyl sites for hydroxylation is 1. The Labute approximate surface area is 115 Å². The minimum Gasteiger partial charge on any atom is -0.480 e. The van der Waals surface area contributed by atoms with E-state index in [9.17, 15) is 14.7 Å². The summed E-state index contributed by atoms with van der Waals surface area (Å²) in [6, 6.07) is -0.773. The van der Waals surface area contributed by atoms with Crippen LogP contribution in [0.5, 0.6) is 0 Å². The third kappa shape index (κ3) is 2.07. The van der Waals surface area contributed by atoms with Gasteiger partial charge in [0, 0.05) is 13.0 Å². The lowest BCUT2D eigenvalue weighted by atomic mass is 9.85. The first-order valence-electron chi connectivity index (χ1n) is 6.93. The van der Waals surface area contributed by atoms with Crippen LogP contribution in [-0.2, 0) is 4.79 Å². The topological polar surface area (TPSA) is 96.5 Å². The molecule has 0 bridgehead atoms. The molecule has 7 heteroatoms. The van der Waals surface area contributed by atoms with Crippen LogP contribution >= 0.6 is 0 Å². The molecular weight excluding hydrogens is 262 g/mol. The first kappa shape index (κ1) is 13.1. The zero-order chi connectivity index (χ0) is 14.3. The summed E-state index contributed by atoms with van der Waals surface area (Å²) in [4.78, 5) is 29.3. The van der Waals surface area contributed by atoms with Gasteiger partial charge in [-0.1, -0.05) is 18.0 Å². The number of aromatic nitrogens is 2. The summed E-state index contributed by atoms with van der Waals surface area (Å²) < 4.78 is 4.82. The fourth-order valence-corrected chi connectivity index (χ4v) is 3.47. The summed E-state index contributed by atoms with van der Waals surface area (Å²) >= 11 is 0. The fourth-order valence-electron chi connectivity index (χ4n) is 3.47. The maximum Gasteiger partial charge on any atom is 0.326 e. The monoisotopic (exact) mass is 279 g/mol. The lowest BCUT2D eigenvalue weighted by Crippen LogP contribution is -2.46. The van der Waals surface area contributed by atoms with Gasteiger partial charge in [0.05, 0.1) is 0 Å². The average molecular weight is 279 g/mol. The normalized spacial score (nSPS) is 29.2. The van der Waals surface area contributed by atoms with Crippen molar-refractivity contribution in [2.45, 2.75) is 51.1 Å². The first-order chi connectivity index (χ1) is 9.58. The van der Waals surface area contributed by atoms with E-state index in [4.69, 9.17) is 4.52 Å². The Bertz CT molecular complexity index is 541. The molecule has 1 aromatic rings. The summed E-state index contributed by atoms with van der Waals surface area (Å²) in [7, 11) is 0. The number of hydrogen-bond donors (Lipinski definition) is 1. The smallest absolute Gasteiger partial charge is 0.326 e. The van der Waals surface area contributed by atoms with E-state index in [2.05, 4.69) is 10.1 Å². The molecule has 3 unspecified atom stereocenters. The zero-order valence-electron chi connectivity index (χ0n) is 11.3. The van der Waals surface area contributed by atoms with E-state index >= 15 is 0 Å². The lowest BCUT2D eigenvalue weighted by molar-refractivity contribution is -0.141. The van der Waals surface area contributed by atoms with Crippen molar-refractivity contribution in [1.82, 2.24) is 15.0 Å². The Hall–Kier alpha value is -1.92. The van der Waals surface area contributed by atoms with Gasteiger partial charge in [-0.05, 0) is 25.2 Å². The molecule has 1 saturated heterocycles. The Morgan fingerprint density at radius 3 is 2.75 bits per heavy atom. The van der Waals surface area contributed by atoms with Gasteiger partial charge in [-0.3, -0.25) is 4.79 Å². The number of rotatable bonds is 2. The first-order valence-corrected chi connectivity index (χ1v) is 6.93. The maximum atomic E-state index is 12.5. The predicted octanol–water partition coefficient (Wildman–Crippen LogP) is 1.24. The van der Waals surface area contributed by atoms with Gasteiger partial charge < -0.3 is 14.5 Å². The van der Waals surface area contributed by atoms with Crippen LogP contribution in [0.1, 0.15) is 48.6 Å². The summed E-state index contributed by atoms with van der Waals surface area (Å²) in [6.07, 6.45) is 4.52. The fraction of sp³-hybridized carbons (Fsp3) is 0.692. The minimum absolute atomic E-state index is 0.00356. The largest absolute Gasteiger partial charge is 0.480 e. The Balaban J connectivity index is 1.90. The van der Waals surface area contributed by atoms with Crippen LogP contribution in [0.3, 0.4) is 0 Å². The Kier molecular flexibility index (Phi) is 3.19. The van der Waals surface area contributed by atoms with Crippen molar-refractivity contribution in [1.29, 1.82) is 0 Å². The molecule has 0 aromatic carbocycles. The maximum absolute atomic E-state index is 12.5. The number of carboxylic acid groups (broad SMARTS) is 1. The van der Waals surface area contributed by atoms with Gasteiger partial charge in [-0.15, -0.1) is 0 Å². The third-order valence-corrected chi connectivity index (χ3v) is 4.33. The number of carbonyl (C=O) groups is 2. The molecule has 3 atom stereocenters. The standard InChI is InChI=1S/C13H17N3O4/c1-7-14-11(15-20-7)12(17)16-9-5-3-2-4-8(9)6-10(16)13(18)19/h8-10H,2-6H2,1H3,(H,18,19). The molecule has 0 radical (unpaired) electrons. The van der Waals surface area contributed by atoms with E-state index in [1.807, 2.05) is 0 Å². The predicted molar refractivity (Wildman–Crippen MR) is 67.0 cm³/mol. The van der Waals surface area contributed by atoms with E-state index < -0.39 is 17.9 Å². The van der Waals surface area contributed by atoms with Gasteiger partial charge in [0.2, 0.25) is 5.89 Å². The highest BCUT2D eigenvalue weighted by Gasteiger charge is 2.48. The van der Waals surface area contributed by atoms with Crippen LogP contribution in [0, 0.1) is 12.8 Å². The molecule has 1 aromatic heterocycles. The molecule has 2 fully saturated rings. The summed E-state index contributed by atoms with van der Waals surface area (Å²) in [5.41, 5.74) is 0. The molecule has 1 aliphatic heterocycles. The highest BCUT2D eigenvalue weighted by atomic mass is 16.5. The van der Waals surface area contributed by atoms with Crippen molar-refractivity contribution < 1.29 is 19.2 Å². The van der Waals surface area contributed by atoms with Gasteiger partial charge >= 0.3 is 5.97 Å². The van der Waals surface area contributed by atoms with Gasteiger partial charge in [-0.25, -0.2) is 4.79 Å². The van der Waals surface area contributed by atoms with Gasteiger partial charge in [0.1, 0.15) is 6.04 Å². The van der Waals surface area contributed by atoms with Crippen LogP contribution < -0.4 is 0 Å². The highest BCUT2D eigenvalue weighted by Crippen LogP contribution is 2.40. The van der Waals surface area contributed by atoms with Crippen LogP contribution in [0.15, 0.2) is 4.52 Å². The molecule has 1 aliphatic carbocycles. The van der Waals surface area contributed by atoms with Gasteiger partial charge in [-0.2, -0.15) is 4.98 Å². The molecule has 1 amide bonds. The molecule has 3 rings (SSSR count). The molecule has 108 valence electrons. The number of fused-ring (bicyclic) bond motifs is 1. The van der Waals surface area contributed by atoms with E-state index in [0.29, 0.717) is 12.3 Å². The number of nitrogens with zero attached hydrogens (tertiary/aromatic N) is 3. The minimum atomic E-state index is -0.951. The zero-order valence-corrected chi connectivity index (χ0v) is 11.3. The second-order valence-electron chi connectivity index (χ2n) is 5.55. The van der Waals surface area contributed by atoms with Crippen molar-refractivity contribution in [3.05, 3.63) is 11.7 Å². The van der Waals surface area contributed by atoms with Crippen molar-refractivity contribution >= 4 is 11.9 Å². The number of hydrogen-bond acceptors (Lipinski definition) is 5. The van der Waals surface area contributed by atoms with Crippen LogP contribution in [-0.4, -0.2) is 44.1 Å². The van der Waals surface area contributed by atoms with Crippen LogP contribution in [0.4, 0.5) is 0 Å². The molecule has 7 nitrogen and oxygen atoms in total. The van der Waals surface area contributed by atoms with E-state index in [1.54, 1.807) is 6.92 Å². The van der Waals surface area contributed by atoms with Gasteiger partial charge in [0.25, 0.3) is 11.7 Å². The van der Waals surface area contributed by atoms with E-state index in [1.165, 1.54) is 4.90 Å². The molecule has 2 heterocycles. The number of amides is 1. The molecular formula is C13H17N3O4. The lowest BCUT2D eigenvalue weighted by Gasteiger charge is -2.32. The molecule has 20 heavy (non-hydrogen) atoms. The summed E-state index contributed by atoms with van der Waals surface area (Å²) in [6.45, 7) is 1.60. The van der Waals surface area contributed by atoms with Crippen molar-refractivity contribution in [2.75, 3.05) is 0 Å². The number of carbonyl (C=O) groups excluding carboxylic acids is 1. The van der Waals surface area contributed by atoms with Crippen LogP contribution in [0.25, 0.3) is 0 Å². The van der Waals surface area contributed by atoms with E-state index in [0.717, 1.165) is 25.7 Å². The molecule has 0 spiro atoms. The number of carboxylic acids is 1.